The molecular weight excluding hydrogens is 199 g/mol. The highest BCUT2D eigenvalue weighted by atomic mass is 19.4. The van der Waals surface area contributed by atoms with Crippen LogP contribution in [0, 0.1) is 5.92 Å². The van der Waals surface area contributed by atoms with E-state index in [9.17, 15) is 18.0 Å². The lowest BCUT2D eigenvalue weighted by molar-refractivity contribution is -0.174. The van der Waals surface area contributed by atoms with Crippen LogP contribution >= 0.6 is 0 Å². The van der Waals surface area contributed by atoms with E-state index in [0.717, 1.165) is 6.92 Å². The second kappa shape index (κ2) is 5.19. The first kappa shape index (κ1) is 13.2. The van der Waals surface area contributed by atoms with E-state index >= 15 is 0 Å². The zero-order valence-corrected chi connectivity index (χ0v) is 8.10. The Morgan fingerprint density at radius 3 is 2.36 bits per heavy atom. The molecule has 0 saturated carbocycles. The maximum absolute atomic E-state index is 12.0. The first-order valence-electron chi connectivity index (χ1n) is 4.29. The number of hydrogen-bond acceptors (Lipinski definition) is 3. The van der Waals surface area contributed by atoms with Gasteiger partial charge in [-0.2, -0.15) is 13.2 Å². The molecule has 0 saturated heterocycles. The van der Waals surface area contributed by atoms with Crippen LogP contribution in [0.2, 0.25) is 0 Å². The SMILES string of the molecule is CCCOC(=O)[C@@H](C)[C@H](N)C(F)(F)F. The number of hydrogen-bond donors (Lipinski definition) is 1. The fraction of sp³-hybridized carbons (Fsp3) is 0.875. The van der Waals surface area contributed by atoms with Crippen molar-refractivity contribution in [2.75, 3.05) is 6.61 Å². The molecule has 0 aromatic rings. The molecule has 0 aliphatic heterocycles. The molecule has 0 unspecified atom stereocenters. The molecule has 2 atom stereocenters. The van der Waals surface area contributed by atoms with Crippen LogP contribution in [0.1, 0.15) is 20.3 Å². The summed E-state index contributed by atoms with van der Waals surface area (Å²) in [6, 6.07) is -2.16. The van der Waals surface area contributed by atoms with Crippen molar-refractivity contribution in [1.82, 2.24) is 0 Å². The van der Waals surface area contributed by atoms with Gasteiger partial charge >= 0.3 is 12.1 Å². The van der Waals surface area contributed by atoms with Crippen molar-refractivity contribution in [3.05, 3.63) is 0 Å². The van der Waals surface area contributed by atoms with E-state index in [1.807, 2.05) is 0 Å². The fourth-order valence-electron chi connectivity index (χ4n) is 0.764. The molecule has 0 fully saturated rings. The summed E-state index contributed by atoms with van der Waals surface area (Å²) in [5, 5.41) is 0. The van der Waals surface area contributed by atoms with Crippen molar-refractivity contribution < 1.29 is 22.7 Å². The van der Waals surface area contributed by atoms with Crippen LogP contribution in [-0.2, 0) is 9.53 Å². The van der Waals surface area contributed by atoms with Crippen molar-refractivity contribution in [2.45, 2.75) is 32.5 Å². The number of ether oxygens (including phenoxy) is 1. The lowest BCUT2D eigenvalue weighted by Gasteiger charge is -2.20. The largest absolute Gasteiger partial charge is 0.465 e. The molecule has 0 spiro atoms. The van der Waals surface area contributed by atoms with Gasteiger partial charge in [0.1, 0.15) is 6.04 Å². The first-order valence-corrected chi connectivity index (χ1v) is 4.29. The molecule has 0 aromatic heterocycles. The molecule has 6 heteroatoms. The van der Waals surface area contributed by atoms with Crippen LogP contribution in [0.4, 0.5) is 13.2 Å². The molecule has 0 heterocycles. The average Bonchev–Trinajstić information content (AvgIpc) is 2.10. The van der Waals surface area contributed by atoms with Gasteiger partial charge in [0.2, 0.25) is 0 Å². The standard InChI is InChI=1S/C8H14F3NO2/c1-3-4-14-7(13)5(2)6(12)8(9,10)11/h5-6H,3-4,12H2,1-2H3/t5-,6-/m0/s1. The average molecular weight is 213 g/mol. The lowest BCUT2D eigenvalue weighted by atomic mass is 10.0. The Balaban J connectivity index is 4.18. The van der Waals surface area contributed by atoms with Crippen LogP contribution < -0.4 is 5.73 Å². The molecule has 0 rings (SSSR count). The van der Waals surface area contributed by atoms with Gasteiger partial charge in [-0.3, -0.25) is 4.79 Å². The van der Waals surface area contributed by atoms with Gasteiger partial charge in [-0.15, -0.1) is 0 Å². The van der Waals surface area contributed by atoms with Crippen LogP contribution in [-0.4, -0.2) is 24.8 Å². The van der Waals surface area contributed by atoms with E-state index < -0.39 is 24.1 Å². The number of carbonyl (C=O) groups is 1. The van der Waals surface area contributed by atoms with Gasteiger partial charge in [0.05, 0.1) is 12.5 Å². The van der Waals surface area contributed by atoms with Crippen LogP contribution in [0.15, 0.2) is 0 Å². The summed E-state index contributed by atoms with van der Waals surface area (Å²) < 4.78 is 40.7. The number of nitrogens with two attached hydrogens (primary N) is 1. The molecule has 0 aliphatic rings. The number of rotatable bonds is 4. The van der Waals surface area contributed by atoms with E-state index in [4.69, 9.17) is 5.73 Å². The zero-order chi connectivity index (χ0) is 11.4. The molecule has 84 valence electrons. The molecule has 0 aromatic carbocycles. The fourth-order valence-corrected chi connectivity index (χ4v) is 0.764. The van der Waals surface area contributed by atoms with Gasteiger partial charge in [0.15, 0.2) is 0 Å². The molecule has 3 nitrogen and oxygen atoms in total. The summed E-state index contributed by atoms with van der Waals surface area (Å²) >= 11 is 0. The van der Waals surface area contributed by atoms with Crippen LogP contribution in [0.3, 0.4) is 0 Å². The predicted octanol–water partition coefficient (Wildman–Crippen LogP) is 1.47. The molecular formula is C8H14F3NO2. The summed E-state index contributed by atoms with van der Waals surface area (Å²) in [5.41, 5.74) is 4.84. The number of halogens is 3. The van der Waals surface area contributed by atoms with Crippen LogP contribution in [0.25, 0.3) is 0 Å². The third-order valence-electron chi connectivity index (χ3n) is 1.74. The van der Waals surface area contributed by atoms with Crippen molar-refractivity contribution >= 4 is 5.97 Å². The van der Waals surface area contributed by atoms with E-state index in [1.165, 1.54) is 0 Å². The van der Waals surface area contributed by atoms with Crippen molar-refractivity contribution in [2.24, 2.45) is 11.7 Å². The summed E-state index contributed by atoms with van der Waals surface area (Å²) in [6.45, 7) is 2.98. The minimum Gasteiger partial charge on any atom is -0.465 e. The summed E-state index contributed by atoms with van der Waals surface area (Å²) in [5.74, 6) is -2.27. The Kier molecular flexibility index (Phi) is 4.90. The van der Waals surface area contributed by atoms with Crippen molar-refractivity contribution in [3.63, 3.8) is 0 Å². The Hall–Kier alpha value is -0.780. The van der Waals surface area contributed by atoms with Gasteiger partial charge in [-0.1, -0.05) is 13.8 Å². The van der Waals surface area contributed by atoms with Crippen molar-refractivity contribution in [3.8, 4) is 0 Å². The Bertz CT molecular complexity index is 194. The molecule has 0 bridgehead atoms. The number of carbonyl (C=O) groups excluding carboxylic acids is 1. The Morgan fingerprint density at radius 1 is 1.50 bits per heavy atom. The maximum Gasteiger partial charge on any atom is 0.404 e. The third kappa shape index (κ3) is 3.95. The van der Waals surface area contributed by atoms with Gasteiger partial charge in [-0.25, -0.2) is 0 Å². The smallest absolute Gasteiger partial charge is 0.404 e. The Labute approximate surface area is 80.4 Å². The zero-order valence-electron chi connectivity index (χ0n) is 8.10. The van der Waals surface area contributed by atoms with Crippen LogP contribution in [0.5, 0.6) is 0 Å². The monoisotopic (exact) mass is 213 g/mol. The number of esters is 1. The summed E-state index contributed by atoms with van der Waals surface area (Å²) in [7, 11) is 0. The van der Waals surface area contributed by atoms with Gasteiger partial charge in [-0.05, 0) is 6.42 Å². The minimum atomic E-state index is -4.56. The number of alkyl halides is 3. The molecule has 2 N–H and O–H groups in total. The summed E-state index contributed by atoms with van der Waals surface area (Å²) in [4.78, 5) is 11.0. The predicted molar refractivity (Wildman–Crippen MR) is 44.4 cm³/mol. The van der Waals surface area contributed by atoms with Gasteiger partial charge in [0, 0.05) is 0 Å². The topological polar surface area (TPSA) is 52.3 Å². The van der Waals surface area contributed by atoms with Gasteiger partial charge < -0.3 is 10.5 Å². The normalized spacial score (nSPS) is 16.1. The third-order valence-corrected chi connectivity index (χ3v) is 1.74. The lowest BCUT2D eigenvalue weighted by Crippen LogP contribution is -2.46. The van der Waals surface area contributed by atoms with E-state index in [0.29, 0.717) is 6.42 Å². The van der Waals surface area contributed by atoms with E-state index in [2.05, 4.69) is 4.74 Å². The molecule has 0 aliphatic carbocycles. The summed E-state index contributed by atoms with van der Waals surface area (Å²) in [6.07, 6.45) is -4.00. The van der Waals surface area contributed by atoms with Gasteiger partial charge in [0.25, 0.3) is 0 Å². The van der Waals surface area contributed by atoms with E-state index in [1.54, 1.807) is 6.92 Å². The quantitative estimate of drug-likeness (QED) is 0.719. The second-order valence-corrected chi connectivity index (χ2v) is 3.02. The molecule has 0 amide bonds. The Morgan fingerprint density at radius 2 is 2.00 bits per heavy atom. The molecule has 0 radical (unpaired) electrons. The molecule has 14 heavy (non-hydrogen) atoms. The second-order valence-electron chi connectivity index (χ2n) is 3.02. The first-order chi connectivity index (χ1) is 6.30. The highest BCUT2D eigenvalue weighted by Gasteiger charge is 2.43. The minimum absolute atomic E-state index is 0.119. The highest BCUT2D eigenvalue weighted by molar-refractivity contribution is 5.72. The van der Waals surface area contributed by atoms with Crippen molar-refractivity contribution in [1.29, 1.82) is 0 Å². The van der Waals surface area contributed by atoms with E-state index in [-0.39, 0.29) is 6.61 Å². The maximum atomic E-state index is 12.0. The highest BCUT2D eigenvalue weighted by Crippen LogP contribution is 2.24.